The molecule has 0 saturated carbocycles. The van der Waals surface area contributed by atoms with Crippen LogP contribution in [0.15, 0.2) is 24.5 Å². The van der Waals surface area contributed by atoms with Gasteiger partial charge in [-0.25, -0.2) is 0 Å². The number of rotatable bonds is 6. The summed E-state index contributed by atoms with van der Waals surface area (Å²) < 4.78 is 0. The summed E-state index contributed by atoms with van der Waals surface area (Å²) in [6.45, 7) is 8.92. The number of aromatic nitrogens is 1. The highest BCUT2D eigenvalue weighted by Gasteiger charge is 2.22. The van der Waals surface area contributed by atoms with Crippen molar-refractivity contribution in [3.63, 3.8) is 0 Å². The first-order valence-electron chi connectivity index (χ1n) is 6.68. The van der Waals surface area contributed by atoms with E-state index in [0.717, 1.165) is 19.5 Å². The molecule has 0 bridgehead atoms. The number of hydrogen-bond acceptors (Lipinski definition) is 3. The second kappa shape index (κ2) is 6.86. The first-order valence-corrected chi connectivity index (χ1v) is 6.68. The third-order valence-electron chi connectivity index (χ3n) is 3.37. The molecule has 1 aromatic rings. The lowest BCUT2D eigenvalue weighted by molar-refractivity contribution is 0.227. The van der Waals surface area contributed by atoms with Crippen LogP contribution in [0.5, 0.6) is 0 Å². The molecule has 3 heteroatoms. The van der Waals surface area contributed by atoms with E-state index in [1.165, 1.54) is 5.56 Å². The molecule has 1 N–H and O–H groups in total. The molecule has 0 spiro atoms. The summed E-state index contributed by atoms with van der Waals surface area (Å²) in [6, 6.07) is 4.67. The average molecular weight is 249 g/mol. The summed E-state index contributed by atoms with van der Waals surface area (Å²) in [4.78, 5) is 6.50. The summed E-state index contributed by atoms with van der Waals surface area (Å²) in [5, 5.41) is 3.42. The van der Waals surface area contributed by atoms with Crippen LogP contribution in [0, 0.1) is 5.41 Å². The van der Waals surface area contributed by atoms with Crippen molar-refractivity contribution >= 4 is 0 Å². The van der Waals surface area contributed by atoms with Crippen molar-refractivity contribution in [2.45, 2.75) is 39.8 Å². The minimum absolute atomic E-state index is 0.309. The Bertz CT molecular complexity index is 329. The van der Waals surface area contributed by atoms with Crippen molar-refractivity contribution < 1.29 is 0 Å². The highest BCUT2D eigenvalue weighted by molar-refractivity contribution is 5.07. The Morgan fingerprint density at radius 2 is 2.11 bits per heavy atom. The van der Waals surface area contributed by atoms with Crippen molar-refractivity contribution in [1.29, 1.82) is 0 Å². The van der Waals surface area contributed by atoms with Crippen LogP contribution in [0.25, 0.3) is 0 Å². The van der Waals surface area contributed by atoms with Gasteiger partial charge in [-0.2, -0.15) is 0 Å². The average Bonchev–Trinajstić information content (AvgIpc) is 2.29. The van der Waals surface area contributed by atoms with Crippen LogP contribution in [0.2, 0.25) is 0 Å². The molecule has 3 nitrogen and oxygen atoms in total. The van der Waals surface area contributed by atoms with Gasteiger partial charge >= 0.3 is 0 Å². The Kier molecular flexibility index (Phi) is 5.76. The first kappa shape index (κ1) is 15.1. The summed E-state index contributed by atoms with van der Waals surface area (Å²) in [5.74, 6) is 0. The van der Waals surface area contributed by atoms with Gasteiger partial charge in [-0.1, -0.05) is 26.8 Å². The normalized spacial score (nSPS) is 13.9. The van der Waals surface area contributed by atoms with Gasteiger partial charge in [-0.3, -0.25) is 4.98 Å². The van der Waals surface area contributed by atoms with E-state index in [1.54, 1.807) is 0 Å². The SMILES string of the molecule is CNC(CCN(C)Cc1cccnc1)C(C)(C)C. The molecule has 1 aromatic heterocycles. The Balaban J connectivity index is 2.39. The molecule has 0 radical (unpaired) electrons. The zero-order valence-electron chi connectivity index (χ0n) is 12.4. The fourth-order valence-corrected chi connectivity index (χ4v) is 2.24. The monoisotopic (exact) mass is 249 g/mol. The molecule has 1 atom stereocenters. The molecule has 102 valence electrons. The van der Waals surface area contributed by atoms with Gasteiger partial charge in [0.2, 0.25) is 0 Å². The standard InChI is InChI=1S/C15H27N3/c1-15(2,3)14(16-4)8-10-18(5)12-13-7-6-9-17-11-13/h6-7,9,11,14,16H,8,10,12H2,1-5H3. The maximum Gasteiger partial charge on any atom is 0.0312 e. The summed E-state index contributed by atoms with van der Waals surface area (Å²) in [5.41, 5.74) is 1.58. The van der Waals surface area contributed by atoms with Crippen molar-refractivity contribution in [2.24, 2.45) is 5.41 Å². The van der Waals surface area contributed by atoms with Crippen molar-refractivity contribution in [2.75, 3.05) is 20.6 Å². The Labute approximate surface area is 112 Å². The van der Waals surface area contributed by atoms with Crippen molar-refractivity contribution in [1.82, 2.24) is 15.2 Å². The molecular weight excluding hydrogens is 222 g/mol. The van der Waals surface area contributed by atoms with E-state index in [0.29, 0.717) is 11.5 Å². The van der Waals surface area contributed by atoms with E-state index in [-0.39, 0.29) is 0 Å². The minimum atomic E-state index is 0.309. The molecule has 0 fully saturated rings. The van der Waals surface area contributed by atoms with Crippen LogP contribution in [0.4, 0.5) is 0 Å². The fraction of sp³-hybridized carbons (Fsp3) is 0.667. The maximum atomic E-state index is 4.15. The molecule has 1 rings (SSSR count). The van der Waals surface area contributed by atoms with Gasteiger partial charge in [-0.15, -0.1) is 0 Å². The summed E-state index contributed by atoms with van der Waals surface area (Å²) >= 11 is 0. The molecule has 0 aliphatic heterocycles. The van der Waals surface area contributed by atoms with Crippen molar-refractivity contribution in [3.05, 3.63) is 30.1 Å². The lowest BCUT2D eigenvalue weighted by Gasteiger charge is -2.32. The number of pyridine rings is 1. The van der Waals surface area contributed by atoms with Gasteiger partial charge in [0.1, 0.15) is 0 Å². The molecule has 1 heterocycles. The van der Waals surface area contributed by atoms with Gasteiger partial charge in [0, 0.05) is 25.0 Å². The van der Waals surface area contributed by atoms with Gasteiger partial charge in [-0.05, 0) is 44.1 Å². The second-order valence-electron chi connectivity index (χ2n) is 6.10. The molecule has 1 unspecified atom stereocenters. The molecule has 0 aliphatic carbocycles. The largest absolute Gasteiger partial charge is 0.316 e. The third kappa shape index (κ3) is 5.15. The van der Waals surface area contributed by atoms with E-state index >= 15 is 0 Å². The van der Waals surface area contributed by atoms with Gasteiger partial charge in [0.05, 0.1) is 0 Å². The number of nitrogens with one attached hydrogen (secondary N) is 1. The van der Waals surface area contributed by atoms with Gasteiger partial charge in [0.25, 0.3) is 0 Å². The first-order chi connectivity index (χ1) is 8.43. The topological polar surface area (TPSA) is 28.2 Å². The smallest absolute Gasteiger partial charge is 0.0312 e. The molecular formula is C15H27N3. The Morgan fingerprint density at radius 3 is 2.61 bits per heavy atom. The maximum absolute atomic E-state index is 4.15. The summed E-state index contributed by atoms with van der Waals surface area (Å²) in [6.07, 6.45) is 4.92. The van der Waals surface area contributed by atoms with Crippen LogP contribution in [0.3, 0.4) is 0 Å². The third-order valence-corrected chi connectivity index (χ3v) is 3.37. The lowest BCUT2D eigenvalue weighted by Crippen LogP contribution is -2.40. The quantitative estimate of drug-likeness (QED) is 0.840. The number of nitrogens with zero attached hydrogens (tertiary/aromatic N) is 2. The van der Waals surface area contributed by atoms with Crippen LogP contribution < -0.4 is 5.32 Å². The van der Waals surface area contributed by atoms with E-state index in [1.807, 2.05) is 18.5 Å². The van der Waals surface area contributed by atoms with Crippen LogP contribution >= 0.6 is 0 Å². The molecule has 18 heavy (non-hydrogen) atoms. The zero-order valence-corrected chi connectivity index (χ0v) is 12.4. The zero-order chi connectivity index (χ0) is 13.6. The van der Waals surface area contributed by atoms with E-state index < -0.39 is 0 Å². The predicted molar refractivity (Wildman–Crippen MR) is 77.5 cm³/mol. The lowest BCUT2D eigenvalue weighted by atomic mass is 9.85. The van der Waals surface area contributed by atoms with Gasteiger partial charge < -0.3 is 10.2 Å². The predicted octanol–water partition coefficient (Wildman–Crippen LogP) is 2.54. The Hall–Kier alpha value is -0.930. The molecule has 0 aliphatic rings. The highest BCUT2D eigenvalue weighted by atomic mass is 15.1. The summed E-state index contributed by atoms with van der Waals surface area (Å²) in [7, 11) is 4.22. The molecule has 0 amide bonds. The van der Waals surface area contributed by atoms with Crippen molar-refractivity contribution in [3.8, 4) is 0 Å². The van der Waals surface area contributed by atoms with Crippen LogP contribution in [0.1, 0.15) is 32.8 Å². The Morgan fingerprint density at radius 1 is 1.39 bits per heavy atom. The minimum Gasteiger partial charge on any atom is -0.316 e. The van der Waals surface area contributed by atoms with E-state index in [4.69, 9.17) is 0 Å². The second-order valence-corrected chi connectivity index (χ2v) is 6.10. The van der Waals surface area contributed by atoms with Crippen LogP contribution in [-0.2, 0) is 6.54 Å². The molecule has 0 aromatic carbocycles. The van der Waals surface area contributed by atoms with Crippen LogP contribution in [-0.4, -0.2) is 36.6 Å². The molecule has 0 saturated heterocycles. The number of hydrogen-bond donors (Lipinski definition) is 1. The highest BCUT2D eigenvalue weighted by Crippen LogP contribution is 2.21. The van der Waals surface area contributed by atoms with E-state index in [2.05, 4.69) is 56.1 Å². The van der Waals surface area contributed by atoms with Gasteiger partial charge in [0.15, 0.2) is 0 Å². The fourth-order valence-electron chi connectivity index (χ4n) is 2.24. The van der Waals surface area contributed by atoms with E-state index in [9.17, 15) is 0 Å².